The Bertz CT molecular complexity index is 535. The van der Waals surface area contributed by atoms with Crippen LogP contribution in [0.15, 0.2) is 40.4 Å². The number of anilines is 1. The van der Waals surface area contributed by atoms with Crippen molar-refractivity contribution < 1.29 is 0 Å². The lowest BCUT2D eigenvalue weighted by molar-refractivity contribution is 0.769. The maximum Gasteiger partial charge on any atom is 0.192 e. The molecule has 2 rings (SSSR count). The van der Waals surface area contributed by atoms with E-state index >= 15 is 0 Å². The first-order valence-electron chi connectivity index (χ1n) is 5.93. The van der Waals surface area contributed by atoms with Gasteiger partial charge in [0.15, 0.2) is 5.16 Å². The van der Waals surface area contributed by atoms with Crippen LogP contribution in [0.25, 0.3) is 0 Å². The van der Waals surface area contributed by atoms with Crippen LogP contribution in [0.2, 0.25) is 0 Å². The van der Waals surface area contributed by atoms with E-state index in [1.807, 2.05) is 37.3 Å². The fraction of sp³-hybridized carbons (Fsp3) is 0.286. The lowest BCUT2D eigenvalue weighted by atomic mass is 10.1. The van der Waals surface area contributed by atoms with Crippen LogP contribution in [0.3, 0.4) is 0 Å². The molecule has 1 aromatic heterocycles. The molecule has 0 aliphatic heterocycles. The smallest absolute Gasteiger partial charge is 0.192 e. The zero-order valence-corrected chi connectivity index (χ0v) is 11.7. The second-order valence-corrected chi connectivity index (χ2v) is 5.58. The zero-order valence-electron chi connectivity index (χ0n) is 10.8. The van der Waals surface area contributed by atoms with Crippen LogP contribution in [0.4, 0.5) is 5.69 Å². The van der Waals surface area contributed by atoms with Gasteiger partial charge < -0.3 is 5.73 Å². The Morgan fingerprint density at radius 1 is 1.11 bits per heavy atom. The van der Waals surface area contributed by atoms with Gasteiger partial charge in [-0.25, -0.2) is 9.97 Å². The van der Waals surface area contributed by atoms with E-state index in [9.17, 15) is 0 Å². The molecule has 0 saturated heterocycles. The summed E-state index contributed by atoms with van der Waals surface area (Å²) in [5.74, 6) is 0.414. The van der Waals surface area contributed by atoms with Crippen molar-refractivity contribution in [1.29, 1.82) is 0 Å². The highest BCUT2D eigenvalue weighted by atomic mass is 32.2. The van der Waals surface area contributed by atoms with Gasteiger partial charge in [-0.1, -0.05) is 13.8 Å². The fourth-order valence-corrected chi connectivity index (χ4v) is 2.37. The highest BCUT2D eigenvalue weighted by Crippen LogP contribution is 2.26. The van der Waals surface area contributed by atoms with Crippen LogP contribution in [0.5, 0.6) is 0 Å². The van der Waals surface area contributed by atoms with Crippen molar-refractivity contribution in [2.45, 2.75) is 36.7 Å². The topological polar surface area (TPSA) is 51.8 Å². The van der Waals surface area contributed by atoms with Gasteiger partial charge in [0.2, 0.25) is 0 Å². The molecule has 0 aliphatic carbocycles. The van der Waals surface area contributed by atoms with Gasteiger partial charge in [0.25, 0.3) is 0 Å². The average Bonchev–Trinajstić information content (AvgIpc) is 2.31. The van der Waals surface area contributed by atoms with E-state index in [0.717, 1.165) is 27.1 Å². The van der Waals surface area contributed by atoms with Crippen LogP contribution in [-0.4, -0.2) is 9.97 Å². The van der Waals surface area contributed by atoms with E-state index in [4.69, 9.17) is 5.73 Å². The van der Waals surface area contributed by atoms with Crippen molar-refractivity contribution in [3.05, 3.63) is 41.7 Å². The molecule has 3 nitrogen and oxygen atoms in total. The van der Waals surface area contributed by atoms with Crippen LogP contribution in [-0.2, 0) is 0 Å². The van der Waals surface area contributed by atoms with Crippen molar-refractivity contribution in [1.82, 2.24) is 9.97 Å². The summed E-state index contributed by atoms with van der Waals surface area (Å²) in [6, 6.07) is 9.79. The predicted octanol–water partition coefficient (Wildman–Crippen LogP) is 3.64. The van der Waals surface area contributed by atoms with E-state index in [1.165, 1.54) is 0 Å². The molecule has 0 bridgehead atoms. The summed E-state index contributed by atoms with van der Waals surface area (Å²) in [6.07, 6.45) is 0. The van der Waals surface area contributed by atoms with Crippen molar-refractivity contribution in [3.63, 3.8) is 0 Å². The Kier molecular flexibility index (Phi) is 3.87. The molecule has 0 amide bonds. The third-order valence-electron chi connectivity index (χ3n) is 2.53. The predicted molar refractivity (Wildman–Crippen MR) is 75.8 cm³/mol. The largest absolute Gasteiger partial charge is 0.399 e. The van der Waals surface area contributed by atoms with Gasteiger partial charge in [-0.3, -0.25) is 0 Å². The molecule has 0 atom stereocenters. The van der Waals surface area contributed by atoms with Gasteiger partial charge in [0, 0.05) is 22.0 Å². The number of hydrogen-bond donors (Lipinski definition) is 1. The lowest BCUT2D eigenvalue weighted by Crippen LogP contribution is -1.98. The zero-order chi connectivity index (χ0) is 13.1. The maximum absolute atomic E-state index is 5.67. The summed E-state index contributed by atoms with van der Waals surface area (Å²) in [4.78, 5) is 10.1. The summed E-state index contributed by atoms with van der Waals surface area (Å²) in [5, 5.41) is 0.795. The van der Waals surface area contributed by atoms with Crippen molar-refractivity contribution in [2.24, 2.45) is 0 Å². The van der Waals surface area contributed by atoms with Gasteiger partial charge in [0.1, 0.15) is 0 Å². The quantitative estimate of drug-likeness (QED) is 0.675. The van der Waals surface area contributed by atoms with Crippen molar-refractivity contribution in [2.75, 3.05) is 5.73 Å². The SMILES string of the molecule is Cc1cc(C(C)C)nc(Sc2ccc(N)cc2)n1. The minimum atomic E-state index is 0.414. The van der Waals surface area contributed by atoms with Gasteiger partial charge >= 0.3 is 0 Å². The monoisotopic (exact) mass is 259 g/mol. The number of benzene rings is 1. The Labute approximate surface area is 112 Å². The average molecular weight is 259 g/mol. The summed E-state index contributed by atoms with van der Waals surface area (Å²) < 4.78 is 0. The normalized spacial score (nSPS) is 10.9. The van der Waals surface area contributed by atoms with Crippen molar-refractivity contribution in [3.8, 4) is 0 Å². The van der Waals surface area contributed by atoms with Gasteiger partial charge in [-0.15, -0.1) is 0 Å². The van der Waals surface area contributed by atoms with E-state index in [1.54, 1.807) is 11.8 Å². The first-order chi connectivity index (χ1) is 8.54. The molecular formula is C14H17N3S. The number of nitrogens with zero attached hydrogens (tertiary/aromatic N) is 2. The lowest BCUT2D eigenvalue weighted by Gasteiger charge is -2.08. The second kappa shape index (κ2) is 5.40. The highest BCUT2D eigenvalue weighted by molar-refractivity contribution is 7.99. The molecule has 18 heavy (non-hydrogen) atoms. The molecule has 0 aliphatic rings. The number of hydrogen-bond acceptors (Lipinski definition) is 4. The Morgan fingerprint density at radius 3 is 2.39 bits per heavy atom. The molecule has 0 unspecified atom stereocenters. The Hall–Kier alpha value is -1.55. The third-order valence-corrected chi connectivity index (χ3v) is 3.41. The number of nitrogens with two attached hydrogens (primary N) is 1. The number of rotatable bonds is 3. The summed E-state index contributed by atoms with van der Waals surface area (Å²) in [5.41, 5.74) is 8.53. The van der Waals surface area contributed by atoms with E-state index in [2.05, 4.69) is 23.8 Å². The van der Waals surface area contributed by atoms with Crippen LogP contribution >= 0.6 is 11.8 Å². The molecule has 2 aromatic rings. The highest BCUT2D eigenvalue weighted by Gasteiger charge is 2.07. The minimum Gasteiger partial charge on any atom is -0.399 e. The molecular weight excluding hydrogens is 242 g/mol. The molecule has 2 N–H and O–H groups in total. The molecule has 94 valence electrons. The van der Waals surface area contributed by atoms with Crippen LogP contribution in [0.1, 0.15) is 31.2 Å². The van der Waals surface area contributed by atoms with E-state index in [0.29, 0.717) is 5.92 Å². The molecule has 4 heteroatoms. The summed E-state index contributed by atoms with van der Waals surface area (Å²) in [7, 11) is 0. The van der Waals surface area contributed by atoms with Crippen LogP contribution in [0, 0.1) is 6.92 Å². The third kappa shape index (κ3) is 3.23. The molecule has 0 radical (unpaired) electrons. The minimum absolute atomic E-state index is 0.414. The summed E-state index contributed by atoms with van der Waals surface area (Å²) >= 11 is 1.56. The molecule has 1 heterocycles. The van der Waals surface area contributed by atoms with Crippen molar-refractivity contribution >= 4 is 17.4 Å². The number of aryl methyl sites for hydroxylation is 1. The summed E-state index contributed by atoms with van der Waals surface area (Å²) in [6.45, 7) is 6.28. The fourth-order valence-electron chi connectivity index (χ4n) is 1.55. The van der Waals surface area contributed by atoms with Gasteiger partial charge in [-0.05, 0) is 54.9 Å². The number of aromatic nitrogens is 2. The number of nitrogen functional groups attached to an aromatic ring is 1. The second-order valence-electron chi connectivity index (χ2n) is 4.54. The van der Waals surface area contributed by atoms with E-state index in [-0.39, 0.29) is 0 Å². The van der Waals surface area contributed by atoms with Crippen LogP contribution < -0.4 is 5.73 Å². The van der Waals surface area contributed by atoms with Gasteiger partial charge in [0.05, 0.1) is 0 Å². The Morgan fingerprint density at radius 2 is 1.78 bits per heavy atom. The molecule has 0 fully saturated rings. The van der Waals surface area contributed by atoms with Gasteiger partial charge in [-0.2, -0.15) is 0 Å². The molecule has 0 saturated carbocycles. The first kappa shape index (κ1) is 12.9. The molecule has 0 spiro atoms. The van der Waals surface area contributed by atoms with E-state index < -0.39 is 0 Å². The maximum atomic E-state index is 5.67. The standard InChI is InChI=1S/C14H17N3S/c1-9(2)13-8-10(3)16-14(17-13)18-12-6-4-11(15)5-7-12/h4-9H,15H2,1-3H3. The Balaban J connectivity index is 2.26. The molecule has 1 aromatic carbocycles. The first-order valence-corrected chi connectivity index (χ1v) is 6.75.